The molecule has 0 fully saturated rings. The van der Waals surface area contributed by atoms with Gasteiger partial charge >= 0.3 is 0 Å². The lowest BCUT2D eigenvalue weighted by Gasteiger charge is -2.18. The molecule has 3 aromatic rings. The van der Waals surface area contributed by atoms with Gasteiger partial charge in [-0.2, -0.15) is 0 Å². The summed E-state index contributed by atoms with van der Waals surface area (Å²) in [5, 5.41) is 11.2. The Labute approximate surface area is 180 Å². The molecule has 1 aromatic carbocycles. The van der Waals surface area contributed by atoms with Crippen molar-refractivity contribution in [2.75, 3.05) is 18.0 Å². The molecule has 0 radical (unpaired) electrons. The summed E-state index contributed by atoms with van der Waals surface area (Å²) in [7, 11) is 0. The van der Waals surface area contributed by atoms with Crippen molar-refractivity contribution in [2.24, 2.45) is 10.2 Å². The quantitative estimate of drug-likeness (QED) is 0.306. The zero-order valence-electron chi connectivity index (χ0n) is 17.3. The first kappa shape index (κ1) is 21.1. The number of anilines is 1. The van der Waals surface area contributed by atoms with E-state index in [1.807, 2.05) is 30.3 Å². The van der Waals surface area contributed by atoms with Gasteiger partial charge in [0.15, 0.2) is 15.1 Å². The van der Waals surface area contributed by atoms with Crippen LogP contribution in [0.4, 0.5) is 20.8 Å². The first-order chi connectivity index (χ1) is 13.9. The first-order valence-corrected chi connectivity index (χ1v) is 11.1. The molecule has 2 heterocycles. The van der Waals surface area contributed by atoms with Crippen molar-refractivity contribution in [3.8, 4) is 11.3 Å². The summed E-state index contributed by atoms with van der Waals surface area (Å²) in [5.41, 5.74) is 2.78. The Kier molecular flexibility index (Phi) is 6.40. The summed E-state index contributed by atoms with van der Waals surface area (Å²) in [6.07, 6.45) is 0. The fourth-order valence-corrected chi connectivity index (χ4v) is 4.71. The third kappa shape index (κ3) is 4.52. The second-order valence-corrected chi connectivity index (χ2v) is 9.14. The van der Waals surface area contributed by atoms with Crippen molar-refractivity contribution in [1.82, 2.24) is 9.36 Å². The third-order valence-electron chi connectivity index (χ3n) is 4.38. The van der Waals surface area contributed by atoms with Gasteiger partial charge in [0.25, 0.3) is 5.69 Å². The molecular weight excluding hydrogens is 400 g/mol. The van der Waals surface area contributed by atoms with Gasteiger partial charge in [-0.25, -0.2) is 14.2 Å². The van der Waals surface area contributed by atoms with Crippen LogP contribution in [0.5, 0.6) is 0 Å². The van der Waals surface area contributed by atoms with E-state index in [0.717, 1.165) is 34.5 Å². The molecule has 6 nitrogen and oxygen atoms in total. The second kappa shape index (κ2) is 8.80. The molecule has 0 aliphatic heterocycles. The van der Waals surface area contributed by atoms with Crippen LogP contribution in [0.3, 0.4) is 0 Å². The summed E-state index contributed by atoms with van der Waals surface area (Å²) in [5.74, 6) is 0. The van der Waals surface area contributed by atoms with Gasteiger partial charge in [-0.05, 0) is 30.9 Å². The van der Waals surface area contributed by atoms with Gasteiger partial charge in [-0.1, -0.05) is 62.4 Å². The molecule has 2 aromatic heterocycles. The number of azo groups is 1. The zero-order chi connectivity index (χ0) is 21.0. The highest BCUT2D eigenvalue weighted by Gasteiger charge is 2.25. The van der Waals surface area contributed by atoms with E-state index < -0.39 is 0 Å². The molecule has 0 unspecified atom stereocenters. The lowest BCUT2D eigenvalue weighted by atomic mass is 9.93. The first-order valence-electron chi connectivity index (χ1n) is 9.49. The number of hydrogen-bond acceptors (Lipinski definition) is 7. The summed E-state index contributed by atoms with van der Waals surface area (Å²) in [6.45, 7) is 20.0. The molecule has 3 rings (SSSR count). The van der Waals surface area contributed by atoms with Crippen LogP contribution < -0.4 is 4.90 Å². The lowest BCUT2D eigenvalue weighted by molar-refractivity contribution is 0.573. The van der Waals surface area contributed by atoms with Gasteiger partial charge in [0.2, 0.25) is 0 Å². The Bertz CT molecular complexity index is 1030. The molecule has 0 amide bonds. The van der Waals surface area contributed by atoms with Crippen LogP contribution >= 0.6 is 22.9 Å². The summed E-state index contributed by atoms with van der Waals surface area (Å²) in [4.78, 5) is 10.7. The maximum atomic E-state index is 7.60. The molecule has 0 N–H and O–H groups in total. The van der Waals surface area contributed by atoms with Crippen LogP contribution in [-0.4, -0.2) is 22.4 Å². The van der Waals surface area contributed by atoms with Crippen LogP contribution in [0.2, 0.25) is 0 Å². The number of rotatable bonds is 6. The number of nitrogens with zero attached hydrogens (tertiary/aromatic N) is 6. The van der Waals surface area contributed by atoms with Gasteiger partial charge in [0, 0.05) is 18.5 Å². The van der Waals surface area contributed by atoms with Gasteiger partial charge in [0.1, 0.15) is 0 Å². The normalized spacial score (nSPS) is 11.7. The van der Waals surface area contributed by atoms with Crippen molar-refractivity contribution in [3.05, 3.63) is 47.4 Å². The molecule has 0 bridgehead atoms. The molecule has 0 saturated heterocycles. The van der Waals surface area contributed by atoms with E-state index in [2.05, 4.69) is 59.0 Å². The minimum absolute atomic E-state index is 0.151. The van der Waals surface area contributed by atoms with Gasteiger partial charge in [-0.3, -0.25) is 0 Å². The zero-order valence-corrected chi connectivity index (χ0v) is 18.9. The van der Waals surface area contributed by atoms with Crippen LogP contribution in [0, 0.1) is 6.57 Å². The number of hydrogen-bond donors (Lipinski definition) is 0. The Morgan fingerprint density at radius 3 is 2.31 bits per heavy atom. The molecule has 150 valence electrons. The number of aromatic nitrogens is 2. The largest absolute Gasteiger partial charge is 0.349 e. The Hall–Kier alpha value is -2.63. The molecular formula is C21H24N6S2. The smallest absolute Gasteiger partial charge is 0.252 e. The lowest BCUT2D eigenvalue weighted by Crippen LogP contribution is -2.22. The van der Waals surface area contributed by atoms with E-state index in [-0.39, 0.29) is 5.41 Å². The minimum Gasteiger partial charge on any atom is -0.349 e. The number of benzene rings is 1. The summed E-state index contributed by atoms with van der Waals surface area (Å²) in [6, 6.07) is 9.71. The SMILES string of the molecule is [C-]#[N+]c1c(-c2ccccc2)nsc1N=Nc1sc(N(CC)CC)nc1C(C)(C)C. The van der Waals surface area contributed by atoms with Gasteiger partial charge in [0.05, 0.1) is 18.0 Å². The average molecular weight is 425 g/mol. The van der Waals surface area contributed by atoms with E-state index in [4.69, 9.17) is 11.6 Å². The van der Waals surface area contributed by atoms with E-state index in [9.17, 15) is 0 Å². The third-order valence-corrected chi connectivity index (χ3v) is 6.11. The summed E-state index contributed by atoms with van der Waals surface area (Å²) < 4.78 is 4.45. The van der Waals surface area contributed by atoms with Crippen LogP contribution in [-0.2, 0) is 5.41 Å². The van der Waals surface area contributed by atoms with E-state index in [1.165, 1.54) is 11.5 Å². The van der Waals surface area contributed by atoms with Gasteiger partial charge < -0.3 is 4.90 Å². The molecule has 29 heavy (non-hydrogen) atoms. The molecule has 0 saturated carbocycles. The van der Waals surface area contributed by atoms with Crippen molar-refractivity contribution < 1.29 is 0 Å². The van der Waals surface area contributed by atoms with Crippen LogP contribution in [0.25, 0.3) is 16.1 Å². The Balaban J connectivity index is 2.00. The van der Waals surface area contributed by atoms with E-state index in [0.29, 0.717) is 16.4 Å². The summed E-state index contributed by atoms with van der Waals surface area (Å²) >= 11 is 2.74. The molecule has 0 aliphatic rings. The monoisotopic (exact) mass is 424 g/mol. The van der Waals surface area contributed by atoms with Crippen LogP contribution in [0.1, 0.15) is 40.3 Å². The predicted octanol–water partition coefficient (Wildman–Crippen LogP) is 7.38. The van der Waals surface area contributed by atoms with Crippen molar-refractivity contribution in [2.45, 2.75) is 40.0 Å². The topological polar surface area (TPSA) is 58.1 Å². The van der Waals surface area contributed by atoms with Crippen LogP contribution in [0.15, 0.2) is 40.6 Å². The highest BCUT2D eigenvalue weighted by Crippen LogP contribution is 2.44. The Morgan fingerprint density at radius 1 is 1.07 bits per heavy atom. The van der Waals surface area contributed by atoms with E-state index in [1.54, 1.807) is 11.3 Å². The molecule has 8 heteroatoms. The number of thiazole rings is 1. The van der Waals surface area contributed by atoms with Crippen molar-refractivity contribution in [3.63, 3.8) is 0 Å². The maximum Gasteiger partial charge on any atom is 0.252 e. The fraction of sp³-hybridized carbons (Fsp3) is 0.381. The predicted molar refractivity (Wildman–Crippen MR) is 122 cm³/mol. The highest BCUT2D eigenvalue weighted by molar-refractivity contribution is 7.19. The molecule has 0 spiro atoms. The van der Waals surface area contributed by atoms with Gasteiger partial charge in [-0.15, -0.1) is 10.2 Å². The average Bonchev–Trinajstić information content (AvgIpc) is 3.32. The van der Waals surface area contributed by atoms with E-state index >= 15 is 0 Å². The Morgan fingerprint density at radius 2 is 1.72 bits per heavy atom. The fourth-order valence-electron chi connectivity index (χ4n) is 2.81. The standard InChI is InChI=1S/C21H24N6S2/c1-7-27(8-2)20-23-17(21(3,4)5)19(28-20)25-24-18-16(22-6)15(26-29-18)14-12-10-9-11-13-14/h9-13H,7-8H2,1-5H3. The highest BCUT2D eigenvalue weighted by atomic mass is 32.1. The molecule has 0 atom stereocenters. The minimum atomic E-state index is -0.151. The molecule has 0 aliphatic carbocycles. The maximum absolute atomic E-state index is 7.60. The van der Waals surface area contributed by atoms with Crippen molar-refractivity contribution >= 4 is 43.7 Å². The second-order valence-electron chi connectivity index (χ2n) is 7.44. The van der Waals surface area contributed by atoms with Crippen molar-refractivity contribution in [1.29, 1.82) is 0 Å².